The van der Waals surface area contributed by atoms with E-state index in [4.69, 9.17) is 9.26 Å². The zero-order chi connectivity index (χ0) is 10.7. The SMILES string of the molecule is COCc1cc(-c2nc(C)no2)ccn1. The lowest BCUT2D eigenvalue weighted by molar-refractivity contribution is 0.181. The molecule has 0 spiro atoms. The van der Waals surface area contributed by atoms with Gasteiger partial charge in [-0.3, -0.25) is 4.98 Å². The third-order valence-electron chi connectivity index (χ3n) is 1.88. The summed E-state index contributed by atoms with van der Waals surface area (Å²) in [6.07, 6.45) is 1.70. The van der Waals surface area contributed by atoms with Crippen LogP contribution in [-0.2, 0) is 11.3 Å². The van der Waals surface area contributed by atoms with Crippen molar-refractivity contribution in [1.29, 1.82) is 0 Å². The normalized spacial score (nSPS) is 10.5. The van der Waals surface area contributed by atoms with Crippen LogP contribution < -0.4 is 0 Å². The molecule has 0 saturated heterocycles. The van der Waals surface area contributed by atoms with Gasteiger partial charge in [0.25, 0.3) is 5.89 Å². The number of methoxy groups -OCH3 is 1. The summed E-state index contributed by atoms with van der Waals surface area (Å²) in [4.78, 5) is 8.28. The Bertz CT molecular complexity index is 453. The highest BCUT2D eigenvalue weighted by Crippen LogP contribution is 2.17. The molecule has 0 N–H and O–H groups in total. The Morgan fingerprint density at radius 3 is 3.00 bits per heavy atom. The molecular weight excluding hydrogens is 194 g/mol. The van der Waals surface area contributed by atoms with E-state index in [-0.39, 0.29) is 0 Å². The minimum atomic E-state index is 0.473. The smallest absolute Gasteiger partial charge is 0.258 e. The molecule has 0 radical (unpaired) electrons. The molecule has 0 aliphatic heterocycles. The Hall–Kier alpha value is -1.75. The lowest BCUT2D eigenvalue weighted by Gasteiger charge is -1.99. The van der Waals surface area contributed by atoms with Crippen LogP contribution in [0, 0.1) is 6.92 Å². The maximum Gasteiger partial charge on any atom is 0.258 e. The first-order valence-electron chi connectivity index (χ1n) is 4.54. The minimum Gasteiger partial charge on any atom is -0.378 e. The van der Waals surface area contributed by atoms with Gasteiger partial charge < -0.3 is 9.26 Å². The van der Waals surface area contributed by atoms with Gasteiger partial charge in [-0.05, 0) is 19.1 Å². The molecule has 5 heteroatoms. The second-order valence-corrected chi connectivity index (χ2v) is 3.12. The molecule has 0 atom stereocenters. The Morgan fingerprint density at radius 2 is 2.33 bits per heavy atom. The Labute approximate surface area is 87.1 Å². The van der Waals surface area contributed by atoms with E-state index in [9.17, 15) is 0 Å². The lowest BCUT2D eigenvalue weighted by atomic mass is 10.2. The van der Waals surface area contributed by atoms with Gasteiger partial charge in [-0.1, -0.05) is 5.16 Å². The summed E-state index contributed by atoms with van der Waals surface area (Å²) in [6, 6.07) is 3.70. The van der Waals surface area contributed by atoms with Gasteiger partial charge >= 0.3 is 0 Å². The molecule has 0 amide bonds. The van der Waals surface area contributed by atoms with Crippen LogP contribution in [0.25, 0.3) is 11.5 Å². The van der Waals surface area contributed by atoms with Crippen LogP contribution in [0.5, 0.6) is 0 Å². The standard InChI is InChI=1S/C10H11N3O2/c1-7-12-10(15-13-7)8-3-4-11-9(5-8)6-14-2/h3-5H,6H2,1-2H3. The summed E-state index contributed by atoms with van der Waals surface area (Å²) in [5, 5.41) is 3.73. The number of aryl methyl sites for hydroxylation is 1. The molecule has 2 rings (SSSR count). The average molecular weight is 205 g/mol. The minimum absolute atomic E-state index is 0.473. The summed E-state index contributed by atoms with van der Waals surface area (Å²) >= 11 is 0. The van der Waals surface area contributed by atoms with Crippen molar-refractivity contribution in [2.24, 2.45) is 0 Å². The van der Waals surface area contributed by atoms with Gasteiger partial charge in [0.15, 0.2) is 5.82 Å². The summed E-state index contributed by atoms with van der Waals surface area (Å²) in [7, 11) is 1.63. The van der Waals surface area contributed by atoms with E-state index in [0.717, 1.165) is 11.3 Å². The van der Waals surface area contributed by atoms with E-state index >= 15 is 0 Å². The van der Waals surface area contributed by atoms with Crippen LogP contribution in [0.15, 0.2) is 22.9 Å². The van der Waals surface area contributed by atoms with E-state index in [0.29, 0.717) is 18.3 Å². The van der Waals surface area contributed by atoms with Gasteiger partial charge in [-0.2, -0.15) is 4.98 Å². The van der Waals surface area contributed by atoms with Crippen molar-refractivity contribution < 1.29 is 9.26 Å². The first-order chi connectivity index (χ1) is 7.29. The van der Waals surface area contributed by atoms with Crippen molar-refractivity contribution >= 4 is 0 Å². The van der Waals surface area contributed by atoms with E-state index in [1.807, 2.05) is 12.1 Å². The first-order valence-corrected chi connectivity index (χ1v) is 4.54. The zero-order valence-corrected chi connectivity index (χ0v) is 8.60. The third kappa shape index (κ3) is 2.19. The molecule has 2 aromatic heterocycles. The van der Waals surface area contributed by atoms with Crippen molar-refractivity contribution in [3.8, 4) is 11.5 Å². The third-order valence-corrected chi connectivity index (χ3v) is 1.88. The van der Waals surface area contributed by atoms with Crippen molar-refractivity contribution in [3.05, 3.63) is 29.8 Å². The molecular formula is C10H11N3O2. The highest BCUT2D eigenvalue weighted by Gasteiger charge is 2.06. The van der Waals surface area contributed by atoms with Gasteiger partial charge in [0.1, 0.15) is 0 Å². The summed E-state index contributed by atoms with van der Waals surface area (Å²) in [5.41, 5.74) is 1.70. The number of rotatable bonds is 3. The van der Waals surface area contributed by atoms with Gasteiger partial charge in [-0.25, -0.2) is 0 Å². The highest BCUT2D eigenvalue weighted by atomic mass is 16.5. The average Bonchev–Trinajstić information content (AvgIpc) is 2.66. The van der Waals surface area contributed by atoms with Crippen LogP contribution in [0.2, 0.25) is 0 Å². The molecule has 0 aromatic carbocycles. The molecule has 2 heterocycles. The van der Waals surface area contributed by atoms with Crippen LogP contribution in [0.3, 0.4) is 0 Å². The van der Waals surface area contributed by atoms with Crippen molar-refractivity contribution in [2.45, 2.75) is 13.5 Å². The van der Waals surface area contributed by atoms with Gasteiger partial charge in [-0.15, -0.1) is 0 Å². The molecule has 2 aromatic rings. The molecule has 0 saturated carbocycles. The van der Waals surface area contributed by atoms with Crippen LogP contribution in [0.4, 0.5) is 0 Å². The van der Waals surface area contributed by atoms with Crippen LogP contribution in [0.1, 0.15) is 11.5 Å². The molecule has 0 bridgehead atoms. The molecule has 15 heavy (non-hydrogen) atoms. The maximum absolute atomic E-state index is 5.05. The fourth-order valence-electron chi connectivity index (χ4n) is 1.25. The van der Waals surface area contributed by atoms with E-state index < -0.39 is 0 Å². The lowest BCUT2D eigenvalue weighted by Crippen LogP contribution is -1.92. The van der Waals surface area contributed by atoms with Crippen LogP contribution >= 0.6 is 0 Å². The second-order valence-electron chi connectivity index (χ2n) is 3.12. The van der Waals surface area contributed by atoms with Gasteiger partial charge in [0.05, 0.1) is 12.3 Å². The predicted molar refractivity (Wildman–Crippen MR) is 53.0 cm³/mol. The Balaban J connectivity index is 2.32. The molecule has 0 unspecified atom stereocenters. The van der Waals surface area contributed by atoms with Crippen molar-refractivity contribution in [3.63, 3.8) is 0 Å². The number of aromatic nitrogens is 3. The fourth-order valence-corrected chi connectivity index (χ4v) is 1.25. The number of nitrogens with zero attached hydrogens (tertiary/aromatic N) is 3. The molecule has 78 valence electrons. The van der Waals surface area contributed by atoms with Crippen molar-refractivity contribution in [1.82, 2.24) is 15.1 Å². The number of hydrogen-bond acceptors (Lipinski definition) is 5. The van der Waals surface area contributed by atoms with Gasteiger partial charge in [0, 0.05) is 18.9 Å². The zero-order valence-electron chi connectivity index (χ0n) is 8.60. The molecule has 5 nitrogen and oxygen atoms in total. The number of ether oxygens (including phenoxy) is 1. The van der Waals surface area contributed by atoms with Crippen LogP contribution in [-0.4, -0.2) is 22.2 Å². The monoisotopic (exact) mass is 205 g/mol. The predicted octanol–water partition coefficient (Wildman–Crippen LogP) is 1.59. The highest BCUT2D eigenvalue weighted by molar-refractivity contribution is 5.52. The molecule has 0 aliphatic carbocycles. The largest absolute Gasteiger partial charge is 0.378 e. The summed E-state index contributed by atoms with van der Waals surface area (Å²) in [6.45, 7) is 2.26. The van der Waals surface area contributed by atoms with Gasteiger partial charge in [0.2, 0.25) is 0 Å². The topological polar surface area (TPSA) is 61.0 Å². The molecule has 0 fully saturated rings. The number of pyridine rings is 1. The van der Waals surface area contributed by atoms with E-state index in [2.05, 4.69) is 15.1 Å². The quantitative estimate of drug-likeness (QED) is 0.761. The fraction of sp³-hybridized carbons (Fsp3) is 0.300. The molecule has 0 aliphatic rings. The van der Waals surface area contributed by atoms with E-state index in [1.165, 1.54) is 0 Å². The Kier molecular flexibility index (Phi) is 2.73. The maximum atomic E-state index is 5.05. The first kappa shape index (κ1) is 9.79. The summed E-state index contributed by atoms with van der Waals surface area (Å²) < 4.78 is 10.0. The van der Waals surface area contributed by atoms with E-state index in [1.54, 1.807) is 20.2 Å². The second kappa shape index (κ2) is 4.18. The summed E-state index contributed by atoms with van der Waals surface area (Å²) in [5.74, 6) is 1.13. The number of hydrogen-bond donors (Lipinski definition) is 0. The van der Waals surface area contributed by atoms with Crippen molar-refractivity contribution in [2.75, 3.05) is 7.11 Å². The Morgan fingerprint density at radius 1 is 1.47 bits per heavy atom.